The van der Waals surface area contributed by atoms with Gasteiger partial charge in [-0.3, -0.25) is 4.79 Å². The third-order valence-corrected chi connectivity index (χ3v) is 3.49. The van der Waals surface area contributed by atoms with Crippen LogP contribution in [0.1, 0.15) is 18.1 Å². The van der Waals surface area contributed by atoms with Crippen LogP contribution in [0, 0.1) is 0 Å². The number of rotatable bonds is 2. The van der Waals surface area contributed by atoms with Crippen LogP contribution in [-0.4, -0.2) is 36.5 Å². The number of halogens is 4. The molecule has 118 valence electrons. The van der Waals surface area contributed by atoms with E-state index in [0.717, 1.165) is 6.07 Å². The van der Waals surface area contributed by atoms with Crippen LogP contribution in [0.25, 0.3) is 0 Å². The summed E-state index contributed by atoms with van der Waals surface area (Å²) in [5, 5.41) is 3.14. The Balaban J connectivity index is 0.00000220. The van der Waals surface area contributed by atoms with Crippen LogP contribution in [0.15, 0.2) is 24.3 Å². The third-order valence-electron chi connectivity index (χ3n) is 3.49. The summed E-state index contributed by atoms with van der Waals surface area (Å²) >= 11 is 0. The van der Waals surface area contributed by atoms with Crippen molar-refractivity contribution in [3.8, 4) is 0 Å². The lowest BCUT2D eigenvalue weighted by Gasteiger charge is -2.34. The molecule has 1 aromatic carbocycles. The van der Waals surface area contributed by atoms with E-state index in [9.17, 15) is 18.0 Å². The van der Waals surface area contributed by atoms with Gasteiger partial charge in [-0.1, -0.05) is 18.2 Å². The van der Waals surface area contributed by atoms with Crippen molar-refractivity contribution < 1.29 is 18.0 Å². The number of carbonyl (C=O) groups excluding carboxylic acids is 1. The number of hydrogen-bond acceptors (Lipinski definition) is 2. The average molecular weight is 323 g/mol. The maximum Gasteiger partial charge on any atom is 0.416 e. The molecule has 0 radical (unpaired) electrons. The van der Waals surface area contributed by atoms with Crippen molar-refractivity contribution in [2.24, 2.45) is 0 Å². The molecule has 1 unspecified atom stereocenters. The molecule has 1 heterocycles. The van der Waals surface area contributed by atoms with Gasteiger partial charge in [-0.25, -0.2) is 0 Å². The standard InChI is InChI=1S/C14H17F3N2O.ClH/c1-10-9-18-6-7-19(10)13(20)8-11-4-2-3-5-12(11)14(15,16)17;/h2-5,10,18H,6-9H2,1H3;1H. The van der Waals surface area contributed by atoms with E-state index in [0.29, 0.717) is 19.6 Å². The highest BCUT2D eigenvalue weighted by atomic mass is 35.5. The lowest BCUT2D eigenvalue weighted by Crippen LogP contribution is -2.52. The summed E-state index contributed by atoms with van der Waals surface area (Å²) in [6, 6.07) is 5.26. The summed E-state index contributed by atoms with van der Waals surface area (Å²) in [6.07, 6.45) is -4.63. The number of nitrogens with zero attached hydrogens (tertiary/aromatic N) is 1. The molecule has 21 heavy (non-hydrogen) atoms. The Bertz CT molecular complexity index is 493. The van der Waals surface area contributed by atoms with Gasteiger partial charge in [-0.05, 0) is 18.6 Å². The van der Waals surface area contributed by atoms with Crippen LogP contribution in [0.4, 0.5) is 13.2 Å². The Morgan fingerprint density at radius 3 is 2.67 bits per heavy atom. The number of amides is 1. The summed E-state index contributed by atoms with van der Waals surface area (Å²) in [7, 11) is 0. The third kappa shape index (κ3) is 4.35. The van der Waals surface area contributed by atoms with Gasteiger partial charge >= 0.3 is 6.18 Å². The van der Waals surface area contributed by atoms with Crippen LogP contribution < -0.4 is 5.32 Å². The van der Waals surface area contributed by atoms with E-state index in [1.807, 2.05) is 6.92 Å². The van der Waals surface area contributed by atoms with Crippen molar-refractivity contribution in [3.05, 3.63) is 35.4 Å². The Morgan fingerprint density at radius 2 is 2.05 bits per heavy atom. The molecule has 0 aliphatic carbocycles. The van der Waals surface area contributed by atoms with Crippen LogP contribution in [0.3, 0.4) is 0 Å². The number of carbonyl (C=O) groups is 1. The molecule has 1 saturated heterocycles. The van der Waals surface area contributed by atoms with E-state index < -0.39 is 11.7 Å². The first-order valence-electron chi connectivity index (χ1n) is 6.55. The molecule has 3 nitrogen and oxygen atoms in total. The smallest absolute Gasteiger partial charge is 0.337 e. The fourth-order valence-electron chi connectivity index (χ4n) is 2.43. The summed E-state index contributed by atoms with van der Waals surface area (Å²) < 4.78 is 38.6. The van der Waals surface area contributed by atoms with E-state index >= 15 is 0 Å². The van der Waals surface area contributed by atoms with Gasteiger partial charge in [0, 0.05) is 25.7 Å². The van der Waals surface area contributed by atoms with E-state index in [2.05, 4.69) is 5.32 Å². The maximum absolute atomic E-state index is 12.9. The SMILES string of the molecule is CC1CNCCN1C(=O)Cc1ccccc1C(F)(F)F.Cl. The van der Waals surface area contributed by atoms with Crippen molar-refractivity contribution in [2.45, 2.75) is 25.6 Å². The van der Waals surface area contributed by atoms with Crippen molar-refractivity contribution in [3.63, 3.8) is 0 Å². The zero-order valence-electron chi connectivity index (χ0n) is 11.6. The zero-order valence-corrected chi connectivity index (χ0v) is 12.4. The lowest BCUT2D eigenvalue weighted by molar-refractivity contribution is -0.139. The molecule has 1 aliphatic rings. The molecule has 0 aromatic heterocycles. The number of piperazine rings is 1. The van der Waals surface area contributed by atoms with E-state index in [1.165, 1.54) is 18.2 Å². The molecular formula is C14H18ClF3N2O. The second kappa shape index (κ2) is 7.13. The van der Waals surface area contributed by atoms with Crippen molar-refractivity contribution in [2.75, 3.05) is 19.6 Å². The van der Waals surface area contributed by atoms with Gasteiger partial charge in [0.05, 0.1) is 12.0 Å². The van der Waals surface area contributed by atoms with Crippen LogP contribution in [0.5, 0.6) is 0 Å². The van der Waals surface area contributed by atoms with Gasteiger partial charge in [0.2, 0.25) is 5.91 Å². The van der Waals surface area contributed by atoms with Gasteiger partial charge in [-0.15, -0.1) is 12.4 Å². The number of nitrogens with one attached hydrogen (secondary N) is 1. The number of hydrogen-bond donors (Lipinski definition) is 1. The highest BCUT2D eigenvalue weighted by molar-refractivity contribution is 5.85. The second-order valence-corrected chi connectivity index (χ2v) is 4.97. The normalized spacial score (nSPS) is 19.0. The van der Waals surface area contributed by atoms with Crippen LogP contribution >= 0.6 is 12.4 Å². The predicted octanol–water partition coefficient (Wildman–Crippen LogP) is 2.49. The summed E-state index contributed by atoms with van der Waals surface area (Å²) in [5.74, 6) is -0.254. The van der Waals surface area contributed by atoms with Gasteiger partial charge in [-0.2, -0.15) is 13.2 Å². The lowest BCUT2D eigenvalue weighted by atomic mass is 10.0. The molecule has 0 spiro atoms. The number of benzene rings is 1. The monoisotopic (exact) mass is 322 g/mol. The zero-order chi connectivity index (χ0) is 14.8. The quantitative estimate of drug-likeness (QED) is 0.907. The predicted molar refractivity (Wildman–Crippen MR) is 76.4 cm³/mol. The van der Waals surface area contributed by atoms with E-state index in [4.69, 9.17) is 0 Å². The van der Waals surface area contributed by atoms with Crippen LogP contribution in [0.2, 0.25) is 0 Å². The van der Waals surface area contributed by atoms with Crippen molar-refractivity contribution in [1.29, 1.82) is 0 Å². The fourth-order valence-corrected chi connectivity index (χ4v) is 2.43. The van der Waals surface area contributed by atoms with E-state index in [1.54, 1.807) is 4.90 Å². The molecule has 1 amide bonds. The molecule has 1 aromatic rings. The van der Waals surface area contributed by atoms with E-state index in [-0.39, 0.29) is 36.3 Å². The molecule has 1 aliphatic heterocycles. The Morgan fingerprint density at radius 1 is 1.38 bits per heavy atom. The van der Waals surface area contributed by atoms with Gasteiger partial charge in [0.25, 0.3) is 0 Å². The molecular weight excluding hydrogens is 305 g/mol. The fraction of sp³-hybridized carbons (Fsp3) is 0.500. The van der Waals surface area contributed by atoms with Gasteiger partial charge in [0.1, 0.15) is 0 Å². The average Bonchev–Trinajstić information content (AvgIpc) is 2.38. The Kier molecular flexibility index (Phi) is 6.04. The van der Waals surface area contributed by atoms with Gasteiger partial charge < -0.3 is 10.2 Å². The molecule has 0 bridgehead atoms. The number of alkyl halides is 3. The minimum absolute atomic E-state index is 0. The summed E-state index contributed by atoms with van der Waals surface area (Å²) in [6.45, 7) is 3.78. The molecule has 1 atom stereocenters. The van der Waals surface area contributed by atoms with Gasteiger partial charge in [0.15, 0.2) is 0 Å². The summed E-state index contributed by atoms with van der Waals surface area (Å²) in [4.78, 5) is 13.8. The first-order valence-corrected chi connectivity index (χ1v) is 6.55. The first-order chi connectivity index (χ1) is 9.39. The first kappa shape index (κ1) is 17.8. The topological polar surface area (TPSA) is 32.3 Å². The largest absolute Gasteiger partial charge is 0.416 e. The summed E-state index contributed by atoms with van der Waals surface area (Å²) in [5.41, 5.74) is -0.688. The molecule has 0 saturated carbocycles. The Labute approximate surface area is 127 Å². The highest BCUT2D eigenvalue weighted by Crippen LogP contribution is 2.32. The molecule has 7 heteroatoms. The highest BCUT2D eigenvalue weighted by Gasteiger charge is 2.34. The molecule has 1 fully saturated rings. The second-order valence-electron chi connectivity index (χ2n) is 4.97. The minimum atomic E-state index is -4.42. The maximum atomic E-state index is 12.9. The molecule has 2 rings (SSSR count). The minimum Gasteiger partial charge on any atom is -0.337 e. The van der Waals surface area contributed by atoms with Crippen molar-refractivity contribution in [1.82, 2.24) is 10.2 Å². The Hall–Kier alpha value is -1.27. The molecule has 1 N–H and O–H groups in total. The van der Waals surface area contributed by atoms with Crippen molar-refractivity contribution >= 4 is 18.3 Å². The van der Waals surface area contributed by atoms with Crippen LogP contribution in [-0.2, 0) is 17.4 Å².